The molecule has 1 unspecified atom stereocenters. The lowest BCUT2D eigenvalue weighted by atomic mass is 10.1. The zero-order valence-electron chi connectivity index (χ0n) is 24.5. The molecule has 1 fully saturated rings. The molecule has 0 aliphatic heterocycles. The van der Waals surface area contributed by atoms with Crippen LogP contribution in [0.4, 0.5) is 15.9 Å². The summed E-state index contributed by atoms with van der Waals surface area (Å²) in [6, 6.07) is 11.3. The van der Waals surface area contributed by atoms with Crippen LogP contribution in [0.5, 0.6) is 0 Å². The van der Waals surface area contributed by atoms with E-state index in [0.29, 0.717) is 24.1 Å². The second kappa shape index (κ2) is 14.4. The monoisotopic (exact) mass is 710 g/mol. The average Bonchev–Trinajstić information content (AvgIpc) is 3.82. The van der Waals surface area contributed by atoms with Crippen molar-refractivity contribution < 1.29 is 8.60 Å². The molecule has 4 N–H and O–H groups in total. The van der Waals surface area contributed by atoms with Crippen LogP contribution in [0.25, 0.3) is 16.6 Å². The molecule has 0 saturated heterocycles. The van der Waals surface area contributed by atoms with Gasteiger partial charge < -0.3 is 5.32 Å². The van der Waals surface area contributed by atoms with Crippen LogP contribution >= 0.6 is 22.9 Å². The van der Waals surface area contributed by atoms with E-state index in [9.17, 15) is 23.0 Å². The molecular formula is C29H36FIN6O4S. The van der Waals surface area contributed by atoms with Gasteiger partial charge in [0.25, 0.3) is 11.1 Å². The number of aryl methyl sites for hydroxylation is 2. The molecule has 13 heteroatoms. The van der Waals surface area contributed by atoms with Crippen molar-refractivity contribution in [3.8, 4) is 5.69 Å². The van der Waals surface area contributed by atoms with Crippen LogP contribution in [0.15, 0.2) is 56.8 Å². The number of hydrogen-bond donors (Lipinski definition) is 3. The number of nitrogens with zero attached hydrogens (tertiary/aromatic N) is 3. The number of rotatable bonds is 7. The third kappa shape index (κ3) is 6.58. The van der Waals surface area contributed by atoms with Crippen LogP contribution < -0.4 is 30.8 Å². The van der Waals surface area contributed by atoms with E-state index in [-0.39, 0.29) is 39.8 Å². The number of fused-ring (bicyclic) bond motifs is 1. The van der Waals surface area contributed by atoms with Gasteiger partial charge in [0.05, 0.1) is 33.6 Å². The first-order valence-electron chi connectivity index (χ1n) is 13.4. The Kier molecular flexibility index (Phi) is 11.4. The highest BCUT2D eigenvalue weighted by atomic mass is 127. The van der Waals surface area contributed by atoms with E-state index in [4.69, 9.17) is 0 Å². The molecule has 0 amide bonds. The Morgan fingerprint density at radius 2 is 1.71 bits per heavy atom. The van der Waals surface area contributed by atoms with E-state index in [1.807, 2.05) is 13.8 Å². The fraction of sp³-hybridized carbons (Fsp3) is 0.345. The number of nitrogens with two attached hydrogens (primary N) is 1. The van der Waals surface area contributed by atoms with Crippen molar-refractivity contribution in [1.82, 2.24) is 18.4 Å². The zero-order chi connectivity index (χ0) is 31.3. The number of aromatic nitrogens is 3. The molecule has 10 nitrogen and oxygen atoms in total. The van der Waals surface area contributed by atoms with Crippen molar-refractivity contribution in [2.24, 2.45) is 11.0 Å². The highest BCUT2D eigenvalue weighted by molar-refractivity contribution is 14.1. The smallest absolute Gasteiger partial charge is 0.336 e. The molecule has 0 spiro atoms. The molecule has 5 rings (SSSR count). The highest BCUT2D eigenvalue weighted by Crippen LogP contribution is 2.34. The van der Waals surface area contributed by atoms with Gasteiger partial charge in [-0.3, -0.25) is 27.2 Å². The van der Waals surface area contributed by atoms with Crippen LogP contribution in [0.3, 0.4) is 0 Å². The van der Waals surface area contributed by atoms with Gasteiger partial charge in [-0.25, -0.2) is 18.1 Å². The Morgan fingerprint density at radius 3 is 2.31 bits per heavy atom. The minimum atomic E-state index is -1.31. The molecule has 1 saturated carbocycles. The maximum Gasteiger partial charge on any atom is 0.336 e. The standard InChI is InChI=1S/C27H28FN5O4S.C2H6.H2IN/c1-15-8-11-21(20(28)12-15)30-24-22-23(16(2)25(34)31(24)4)32(27(36)33(26(22)35)18-9-10-18)19-7-5-6-17(13-19)14-38(37)29-3;2*1-2/h5-8,11-13,18,29-30H,9-10,14H2,1-4H3;1-2H3;2H2. The van der Waals surface area contributed by atoms with Crippen molar-refractivity contribution in [1.29, 1.82) is 0 Å². The zero-order valence-corrected chi connectivity index (χ0v) is 27.4. The average molecular weight is 711 g/mol. The Balaban J connectivity index is 0.00000116. The van der Waals surface area contributed by atoms with Gasteiger partial charge in [0.1, 0.15) is 17.0 Å². The summed E-state index contributed by atoms with van der Waals surface area (Å²) in [4.78, 5) is 41.1. The summed E-state index contributed by atoms with van der Waals surface area (Å²) in [5, 5.41) is 3.07. The lowest BCUT2D eigenvalue weighted by Crippen LogP contribution is -2.41. The van der Waals surface area contributed by atoms with Crippen LogP contribution in [-0.4, -0.2) is 25.0 Å². The van der Waals surface area contributed by atoms with Crippen LogP contribution in [0.1, 0.15) is 49.4 Å². The van der Waals surface area contributed by atoms with Crippen LogP contribution in [0.2, 0.25) is 0 Å². The fourth-order valence-corrected chi connectivity index (χ4v) is 5.34. The third-order valence-electron chi connectivity index (χ3n) is 6.83. The van der Waals surface area contributed by atoms with Crippen molar-refractivity contribution in [3.05, 3.63) is 96.2 Å². The summed E-state index contributed by atoms with van der Waals surface area (Å²) < 4.78 is 38.0. The quantitative estimate of drug-likeness (QED) is 0.193. The summed E-state index contributed by atoms with van der Waals surface area (Å²) >= 11 is 1.65. The predicted molar refractivity (Wildman–Crippen MR) is 177 cm³/mol. The van der Waals surface area contributed by atoms with Gasteiger partial charge in [0.15, 0.2) is 0 Å². The third-order valence-corrected chi connectivity index (χ3v) is 7.88. The van der Waals surface area contributed by atoms with E-state index in [1.54, 1.807) is 80.2 Å². The number of hydrogen-bond acceptors (Lipinski definition) is 6. The molecule has 0 bridgehead atoms. The second-order valence-corrected chi connectivity index (χ2v) is 10.9. The minimum Gasteiger partial charge on any atom is -0.338 e. The van der Waals surface area contributed by atoms with Crippen molar-refractivity contribution >= 4 is 56.3 Å². The minimum absolute atomic E-state index is 0.0962. The van der Waals surface area contributed by atoms with Gasteiger partial charge in [-0.2, -0.15) is 0 Å². The Morgan fingerprint density at radius 1 is 1.05 bits per heavy atom. The van der Waals surface area contributed by atoms with Crippen molar-refractivity contribution in [2.45, 2.75) is 52.3 Å². The molecule has 226 valence electrons. The van der Waals surface area contributed by atoms with Crippen LogP contribution in [-0.2, 0) is 23.8 Å². The number of pyridine rings is 1. The molecule has 1 atom stereocenters. The molecular weight excluding hydrogens is 674 g/mol. The van der Waals surface area contributed by atoms with Gasteiger partial charge in [0.2, 0.25) is 0 Å². The van der Waals surface area contributed by atoms with Crippen LogP contribution in [0, 0.1) is 19.7 Å². The molecule has 2 aromatic carbocycles. The predicted octanol–water partition coefficient (Wildman–Crippen LogP) is 4.39. The van der Waals surface area contributed by atoms with Gasteiger partial charge in [-0.05, 0) is 69.1 Å². The lowest BCUT2D eigenvalue weighted by Gasteiger charge is -2.21. The number of nitrogens with one attached hydrogen (secondary N) is 2. The fourth-order valence-electron chi connectivity index (χ4n) is 4.71. The lowest BCUT2D eigenvalue weighted by molar-refractivity contribution is 0.630. The summed E-state index contributed by atoms with van der Waals surface area (Å²) in [7, 11) is 1.79. The number of anilines is 2. The molecule has 4 aromatic rings. The number of benzene rings is 2. The SMILES string of the molecule is CC.CNS(=O)Cc1cccc(-n2c(=O)n(C3CC3)c(=O)c3c(Nc4ccc(C)cc4F)n(C)c(=O)c(C)c32)c1.NI. The van der Waals surface area contributed by atoms with Gasteiger partial charge in [-0.1, -0.05) is 32.0 Å². The first-order chi connectivity index (χ1) is 20.1. The van der Waals surface area contributed by atoms with E-state index >= 15 is 0 Å². The summed E-state index contributed by atoms with van der Waals surface area (Å²) in [6.07, 6.45) is 1.36. The Hall–Kier alpha value is -3.14. The molecule has 2 heterocycles. The van der Waals surface area contributed by atoms with E-state index in [0.717, 1.165) is 5.56 Å². The van der Waals surface area contributed by atoms with Crippen molar-refractivity contribution in [3.63, 3.8) is 0 Å². The second-order valence-electron chi connectivity index (χ2n) is 9.56. The molecule has 1 aliphatic carbocycles. The highest BCUT2D eigenvalue weighted by Gasteiger charge is 2.31. The maximum atomic E-state index is 14.8. The normalized spacial score (nSPS) is 13.1. The van der Waals surface area contributed by atoms with E-state index in [1.165, 1.54) is 26.8 Å². The molecule has 1 aliphatic rings. The number of halogens is 2. The first-order valence-corrected chi connectivity index (χ1v) is 16.0. The van der Waals surface area contributed by atoms with Gasteiger partial charge in [-0.15, -0.1) is 0 Å². The summed E-state index contributed by atoms with van der Waals surface area (Å²) in [6.45, 7) is 7.33. The van der Waals surface area contributed by atoms with E-state index in [2.05, 4.69) is 14.0 Å². The Labute approximate surface area is 259 Å². The van der Waals surface area contributed by atoms with Gasteiger partial charge >= 0.3 is 5.69 Å². The maximum absolute atomic E-state index is 14.8. The van der Waals surface area contributed by atoms with Crippen molar-refractivity contribution in [2.75, 3.05) is 12.4 Å². The summed E-state index contributed by atoms with van der Waals surface area (Å²) in [5.74, 6) is -0.231. The molecule has 2 aromatic heterocycles. The molecule has 42 heavy (non-hydrogen) atoms. The Bertz CT molecular complexity index is 1810. The first kappa shape index (κ1) is 33.4. The topological polar surface area (TPSA) is 133 Å². The summed E-state index contributed by atoms with van der Waals surface area (Å²) in [5.41, 5.74) is 0.801. The van der Waals surface area contributed by atoms with Gasteiger partial charge in [0, 0.05) is 41.5 Å². The largest absolute Gasteiger partial charge is 0.338 e. The molecule has 0 radical (unpaired) electrons. The van der Waals surface area contributed by atoms with E-state index < -0.39 is 33.6 Å².